The van der Waals surface area contributed by atoms with Crippen molar-refractivity contribution in [1.82, 2.24) is 4.98 Å². The van der Waals surface area contributed by atoms with Crippen molar-refractivity contribution < 1.29 is 4.74 Å². The second-order valence-electron chi connectivity index (χ2n) is 9.98. The van der Waals surface area contributed by atoms with Crippen LogP contribution in [0.1, 0.15) is 114 Å². The van der Waals surface area contributed by atoms with Gasteiger partial charge in [0.15, 0.2) is 0 Å². The Hall–Kier alpha value is -1.96. The number of H-pyrrole nitrogens is 1. The molecule has 0 saturated heterocycles. The number of benzene rings is 2. The summed E-state index contributed by atoms with van der Waals surface area (Å²) in [5.74, 6) is 1.02. The maximum absolute atomic E-state index is 5.73. The Kier molecular flexibility index (Phi) is 11.1. The summed E-state index contributed by atoms with van der Waals surface area (Å²) >= 11 is 0. The van der Waals surface area contributed by atoms with Crippen molar-refractivity contribution in [1.29, 1.82) is 0 Å². The zero-order valence-corrected chi connectivity index (χ0v) is 21.6. The summed E-state index contributed by atoms with van der Waals surface area (Å²) < 4.78 is 5.73. The lowest BCUT2D eigenvalue weighted by molar-refractivity contribution is 0.411. The van der Waals surface area contributed by atoms with E-state index in [0.29, 0.717) is 0 Å². The van der Waals surface area contributed by atoms with E-state index in [1.165, 1.54) is 129 Å². The average Bonchev–Trinajstić information content (AvgIpc) is 3.20. The number of fused-ring (bicyclic) bond motifs is 3. The zero-order valence-electron chi connectivity index (χ0n) is 21.6. The minimum atomic E-state index is 1.02. The fourth-order valence-corrected chi connectivity index (χ4v) is 5.32. The lowest BCUT2D eigenvalue weighted by Crippen LogP contribution is -1.96. The van der Waals surface area contributed by atoms with Gasteiger partial charge in [-0.15, -0.1) is 0 Å². The number of hydrogen-bond acceptors (Lipinski definition) is 1. The monoisotopic (exact) mass is 449 g/mol. The molecule has 3 aromatic rings. The highest BCUT2D eigenvalue weighted by molar-refractivity contribution is 6.09. The minimum Gasteiger partial charge on any atom is -0.496 e. The highest BCUT2D eigenvalue weighted by atomic mass is 16.5. The van der Waals surface area contributed by atoms with Crippen molar-refractivity contribution in [2.45, 2.75) is 117 Å². The summed E-state index contributed by atoms with van der Waals surface area (Å²) in [6, 6.07) is 10.8. The van der Waals surface area contributed by atoms with Crippen LogP contribution in [0.25, 0.3) is 21.8 Å². The van der Waals surface area contributed by atoms with E-state index in [2.05, 4.69) is 49.2 Å². The molecule has 0 spiro atoms. The third-order valence-electron chi connectivity index (χ3n) is 7.40. The summed E-state index contributed by atoms with van der Waals surface area (Å²) in [6.45, 7) is 4.51. The van der Waals surface area contributed by atoms with Gasteiger partial charge in [-0.3, -0.25) is 0 Å². The van der Waals surface area contributed by atoms with Crippen molar-refractivity contribution in [2.75, 3.05) is 7.11 Å². The van der Waals surface area contributed by atoms with E-state index in [-0.39, 0.29) is 0 Å². The van der Waals surface area contributed by atoms with Gasteiger partial charge in [0.1, 0.15) is 5.75 Å². The van der Waals surface area contributed by atoms with Crippen molar-refractivity contribution >= 4 is 21.8 Å². The number of aromatic amines is 1. The highest BCUT2D eigenvalue weighted by Gasteiger charge is 2.14. The van der Waals surface area contributed by atoms with Crippen molar-refractivity contribution in [3.63, 3.8) is 0 Å². The van der Waals surface area contributed by atoms with E-state index >= 15 is 0 Å². The lowest BCUT2D eigenvalue weighted by Gasteiger charge is -2.12. The Balaban J connectivity index is 1.34. The van der Waals surface area contributed by atoms with E-state index < -0.39 is 0 Å². The molecule has 182 valence electrons. The number of aryl methyl sites for hydroxylation is 1. The second-order valence-corrected chi connectivity index (χ2v) is 9.98. The summed E-state index contributed by atoms with van der Waals surface area (Å²) in [5.41, 5.74) is 5.26. The molecule has 2 nitrogen and oxygen atoms in total. The molecule has 0 aliphatic carbocycles. The first-order chi connectivity index (χ1) is 16.3. The quantitative estimate of drug-likeness (QED) is 0.204. The van der Waals surface area contributed by atoms with Crippen LogP contribution in [-0.2, 0) is 6.42 Å². The van der Waals surface area contributed by atoms with E-state index in [9.17, 15) is 0 Å². The van der Waals surface area contributed by atoms with Gasteiger partial charge in [-0.05, 0) is 43.0 Å². The minimum absolute atomic E-state index is 1.02. The van der Waals surface area contributed by atoms with E-state index in [0.717, 1.165) is 12.2 Å². The molecule has 0 saturated carbocycles. The van der Waals surface area contributed by atoms with Crippen LogP contribution in [0.3, 0.4) is 0 Å². The number of rotatable bonds is 17. The third-order valence-corrected chi connectivity index (χ3v) is 7.40. The predicted molar refractivity (Wildman–Crippen MR) is 146 cm³/mol. The molecular weight excluding hydrogens is 402 g/mol. The lowest BCUT2D eigenvalue weighted by atomic mass is 9.97. The summed E-state index contributed by atoms with van der Waals surface area (Å²) in [7, 11) is 1.79. The smallest absolute Gasteiger partial charge is 0.122 e. The fraction of sp³-hybridized carbons (Fsp3) is 0.613. The number of methoxy groups -OCH3 is 1. The van der Waals surface area contributed by atoms with Crippen LogP contribution in [-0.4, -0.2) is 12.1 Å². The summed E-state index contributed by atoms with van der Waals surface area (Å²) in [4.78, 5) is 3.69. The van der Waals surface area contributed by atoms with Crippen molar-refractivity contribution in [3.8, 4) is 5.75 Å². The number of nitrogens with one attached hydrogen (secondary N) is 1. The van der Waals surface area contributed by atoms with Gasteiger partial charge in [-0.2, -0.15) is 0 Å². The van der Waals surface area contributed by atoms with E-state index in [1.807, 2.05) is 0 Å². The number of aromatic nitrogens is 1. The number of ether oxygens (including phenoxy) is 1. The third kappa shape index (κ3) is 7.52. The van der Waals surface area contributed by atoms with Gasteiger partial charge in [0, 0.05) is 16.3 Å². The molecule has 0 bridgehead atoms. The average molecular weight is 450 g/mol. The van der Waals surface area contributed by atoms with Crippen LogP contribution in [0.2, 0.25) is 0 Å². The predicted octanol–water partition coefficient (Wildman–Crippen LogP) is 10.1. The first kappa shape index (κ1) is 25.7. The molecule has 0 amide bonds. The molecule has 2 heteroatoms. The standard InChI is InChI=1S/C31H47NO/c1-4-5-6-7-8-9-10-11-12-13-14-15-16-17-18-21-26-25(2)30(33-3)24-28-27-22-19-20-23-29(27)32-31(26)28/h19-20,22-24,32H,4-18,21H2,1-3H3. The van der Waals surface area contributed by atoms with Gasteiger partial charge in [-0.1, -0.05) is 115 Å². The molecule has 0 fully saturated rings. The van der Waals surface area contributed by atoms with Gasteiger partial charge in [0.05, 0.1) is 12.6 Å². The molecule has 0 aliphatic heterocycles. The van der Waals surface area contributed by atoms with Crippen molar-refractivity contribution in [3.05, 3.63) is 41.5 Å². The normalized spacial score (nSPS) is 11.6. The topological polar surface area (TPSA) is 25.0 Å². The molecule has 33 heavy (non-hydrogen) atoms. The van der Waals surface area contributed by atoms with Crippen LogP contribution in [0, 0.1) is 6.92 Å². The largest absolute Gasteiger partial charge is 0.496 e. The first-order valence-electron chi connectivity index (χ1n) is 13.8. The zero-order chi connectivity index (χ0) is 23.3. The van der Waals surface area contributed by atoms with Crippen LogP contribution in [0.5, 0.6) is 5.75 Å². The van der Waals surface area contributed by atoms with Crippen LogP contribution in [0.15, 0.2) is 30.3 Å². The molecular formula is C31H47NO. The second kappa shape index (κ2) is 14.3. The van der Waals surface area contributed by atoms with Crippen LogP contribution < -0.4 is 4.74 Å². The van der Waals surface area contributed by atoms with Gasteiger partial charge >= 0.3 is 0 Å². The SMILES string of the molecule is CCCCCCCCCCCCCCCCCc1c(C)c(OC)cc2c1[nH]c1ccccc12. The van der Waals surface area contributed by atoms with Crippen LogP contribution in [0.4, 0.5) is 0 Å². The number of para-hydroxylation sites is 1. The molecule has 0 unspecified atom stereocenters. The van der Waals surface area contributed by atoms with Gasteiger partial charge in [0.25, 0.3) is 0 Å². The Bertz CT molecular complexity index is 954. The van der Waals surface area contributed by atoms with Gasteiger partial charge < -0.3 is 9.72 Å². The molecule has 1 heterocycles. The first-order valence-corrected chi connectivity index (χ1v) is 13.8. The number of hydrogen-bond donors (Lipinski definition) is 1. The maximum atomic E-state index is 5.73. The van der Waals surface area contributed by atoms with E-state index in [4.69, 9.17) is 4.74 Å². The Morgan fingerprint density at radius 3 is 1.82 bits per heavy atom. The van der Waals surface area contributed by atoms with Crippen molar-refractivity contribution in [2.24, 2.45) is 0 Å². The van der Waals surface area contributed by atoms with E-state index in [1.54, 1.807) is 7.11 Å². The molecule has 0 radical (unpaired) electrons. The van der Waals surface area contributed by atoms with Crippen LogP contribution >= 0.6 is 0 Å². The van der Waals surface area contributed by atoms with Gasteiger partial charge in [0.2, 0.25) is 0 Å². The molecule has 0 aliphatic rings. The molecule has 0 atom stereocenters. The van der Waals surface area contributed by atoms with Gasteiger partial charge in [-0.25, -0.2) is 0 Å². The Morgan fingerprint density at radius 2 is 1.24 bits per heavy atom. The fourth-order valence-electron chi connectivity index (χ4n) is 5.32. The summed E-state index contributed by atoms with van der Waals surface area (Å²) in [6.07, 6.45) is 22.3. The maximum Gasteiger partial charge on any atom is 0.122 e. The highest BCUT2D eigenvalue weighted by Crippen LogP contribution is 2.35. The molecule has 1 N–H and O–H groups in total. The Labute approximate surface area is 202 Å². The molecule has 3 rings (SSSR count). The molecule has 1 aromatic heterocycles. The number of unbranched alkanes of at least 4 members (excludes halogenated alkanes) is 14. The molecule has 2 aromatic carbocycles. The summed E-state index contributed by atoms with van der Waals surface area (Å²) in [5, 5.41) is 2.59. The Morgan fingerprint density at radius 1 is 0.697 bits per heavy atom.